The molecule has 1 atom stereocenters. The molecule has 126 valence electrons. The highest BCUT2D eigenvalue weighted by Gasteiger charge is 2.30. The lowest BCUT2D eigenvalue weighted by Gasteiger charge is -2.28. The largest absolute Gasteiger partial charge is 0.347 e. The number of rotatable bonds is 2. The van der Waals surface area contributed by atoms with E-state index in [-0.39, 0.29) is 11.9 Å². The van der Waals surface area contributed by atoms with Crippen LogP contribution in [-0.2, 0) is 11.2 Å². The van der Waals surface area contributed by atoms with Gasteiger partial charge in [-0.05, 0) is 30.9 Å². The molecule has 0 saturated carbocycles. The molecular weight excluding hydrogens is 320 g/mol. The van der Waals surface area contributed by atoms with E-state index in [1.807, 2.05) is 29.8 Å². The van der Waals surface area contributed by atoms with E-state index in [0.717, 1.165) is 56.3 Å². The van der Waals surface area contributed by atoms with E-state index >= 15 is 0 Å². The summed E-state index contributed by atoms with van der Waals surface area (Å²) in [4.78, 5) is 21.8. The molecule has 1 aromatic heterocycles. The summed E-state index contributed by atoms with van der Waals surface area (Å²) in [6.07, 6.45) is 4.77. The molecule has 2 aliphatic rings. The van der Waals surface area contributed by atoms with Gasteiger partial charge in [0, 0.05) is 43.4 Å². The third-order valence-corrected chi connectivity index (χ3v) is 5.76. The third kappa shape index (κ3) is 3.16. The van der Waals surface area contributed by atoms with E-state index in [0.29, 0.717) is 0 Å². The van der Waals surface area contributed by atoms with Crippen LogP contribution in [0, 0.1) is 0 Å². The Morgan fingerprint density at radius 2 is 2.08 bits per heavy atom. The molecule has 2 aliphatic heterocycles. The van der Waals surface area contributed by atoms with Gasteiger partial charge < -0.3 is 10.2 Å². The number of benzene rings is 1. The van der Waals surface area contributed by atoms with Crippen LogP contribution in [0.5, 0.6) is 0 Å². The molecule has 5 nitrogen and oxygen atoms in total. The number of carbonyl (C=O) groups excluding carboxylic acids is 1. The smallest absolute Gasteiger partial charge is 0.241 e. The molecule has 0 spiro atoms. The van der Waals surface area contributed by atoms with Gasteiger partial charge in [-0.3, -0.25) is 9.69 Å². The minimum Gasteiger partial charge on any atom is -0.347 e. The van der Waals surface area contributed by atoms with Gasteiger partial charge in [0.2, 0.25) is 5.91 Å². The van der Waals surface area contributed by atoms with Crippen molar-refractivity contribution >= 4 is 28.1 Å². The molecule has 4 rings (SSSR count). The number of anilines is 2. The number of aryl methyl sites for hydroxylation is 1. The minimum atomic E-state index is -0.0337. The lowest BCUT2D eigenvalue weighted by Crippen LogP contribution is -2.45. The van der Waals surface area contributed by atoms with Crippen molar-refractivity contribution in [3.05, 3.63) is 41.4 Å². The van der Waals surface area contributed by atoms with Gasteiger partial charge in [-0.2, -0.15) is 0 Å². The summed E-state index contributed by atoms with van der Waals surface area (Å²) in [5, 5.41) is 6.24. The first-order valence-corrected chi connectivity index (χ1v) is 9.46. The quantitative estimate of drug-likeness (QED) is 0.911. The van der Waals surface area contributed by atoms with Crippen molar-refractivity contribution in [2.45, 2.75) is 25.3 Å². The predicted octanol–water partition coefficient (Wildman–Crippen LogP) is 2.61. The van der Waals surface area contributed by atoms with E-state index in [1.54, 1.807) is 11.3 Å². The van der Waals surface area contributed by atoms with Crippen molar-refractivity contribution in [3.8, 4) is 0 Å². The molecule has 1 N–H and O–H groups in total. The highest BCUT2D eigenvalue weighted by Crippen LogP contribution is 2.25. The number of nitrogens with one attached hydrogen (secondary N) is 1. The Bertz CT molecular complexity index is 703. The zero-order chi connectivity index (χ0) is 16.4. The molecule has 3 heterocycles. The van der Waals surface area contributed by atoms with Crippen molar-refractivity contribution in [1.29, 1.82) is 0 Å². The molecule has 2 aromatic rings. The average Bonchev–Trinajstić information content (AvgIpc) is 2.94. The zero-order valence-electron chi connectivity index (χ0n) is 13.6. The summed E-state index contributed by atoms with van der Waals surface area (Å²) >= 11 is 1.69. The Kier molecular flexibility index (Phi) is 4.49. The zero-order valence-corrected chi connectivity index (χ0v) is 14.5. The van der Waals surface area contributed by atoms with Gasteiger partial charge >= 0.3 is 0 Å². The highest BCUT2D eigenvalue weighted by molar-refractivity contribution is 7.13. The Balaban J connectivity index is 1.45. The van der Waals surface area contributed by atoms with Gasteiger partial charge in [0.25, 0.3) is 0 Å². The number of amides is 1. The van der Waals surface area contributed by atoms with Crippen molar-refractivity contribution in [2.75, 3.05) is 36.4 Å². The first-order chi connectivity index (χ1) is 11.8. The van der Waals surface area contributed by atoms with E-state index in [9.17, 15) is 4.79 Å². The second-order valence-corrected chi connectivity index (χ2v) is 7.27. The maximum atomic E-state index is 12.7. The number of nitrogens with zero attached hydrogens (tertiary/aromatic N) is 3. The van der Waals surface area contributed by atoms with Crippen LogP contribution in [0.3, 0.4) is 0 Å². The molecule has 1 fully saturated rings. The van der Waals surface area contributed by atoms with E-state index in [2.05, 4.69) is 26.2 Å². The van der Waals surface area contributed by atoms with Crippen LogP contribution in [0.4, 0.5) is 10.8 Å². The normalized spacial score (nSPS) is 22.4. The van der Waals surface area contributed by atoms with Gasteiger partial charge in [0.1, 0.15) is 0 Å². The van der Waals surface area contributed by atoms with E-state index in [4.69, 9.17) is 0 Å². The number of carbonyl (C=O) groups is 1. The molecule has 1 unspecified atom stereocenters. The fourth-order valence-corrected chi connectivity index (χ4v) is 4.36. The van der Waals surface area contributed by atoms with E-state index < -0.39 is 0 Å². The van der Waals surface area contributed by atoms with Crippen LogP contribution in [0.1, 0.15) is 18.4 Å². The van der Waals surface area contributed by atoms with Crippen LogP contribution in [-0.4, -0.2) is 48.0 Å². The SMILES string of the molecule is O=C1Nc2ccccc2CCC1N1CCCN(c2nccs2)CC1. The molecule has 0 bridgehead atoms. The molecule has 1 saturated heterocycles. The number of hydrogen-bond donors (Lipinski definition) is 1. The van der Waals surface area contributed by atoms with Crippen LogP contribution >= 0.6 is 11.3 Å². The molecule has 0 aliphatic carbocycles. The van der Waals surface area contributed by atoms with Crippen LogP contribution in [0.2, 0.25) is 0 Å². The number of thiazole rings is 1. The lowest BCUT2D eigenvalue weighted by atomic mass is 10.0. The monoisotopic (exact) mass is 342 g/mol. The summed E-state index contributed by atoms with van der Waals surface area (Å²) in [7, 11) is 0. The van der Waals surface area contributed by atoms with Crippen LogP contribution in [0.25, 0.3) is 0 Å². The molecule has 24 heavy (non-hydrogen) atoms. The number of hydrogen-bond acceptors (Lipinski definition) is 5. The summed E-state index contributed by atoms with van der Waals surface area (Å²) in [6, 6.07) is 8.11. The summed E-state index contributed by atoms with van der Waals surface area (Å²) in [5.74, 6) is 0.141. The third-order valence-electron chi connectivity index (χ3n) is 4.93. The standard InChI is InChI=1S/C18H22N4OS/c23-17-16(7-6-14-4-1-2-5-15(14)20-17)21-9-3-10-22(12-11-21)18-19-8-13-24-18/h1-2,4-5,8,13,16H,3,6-7,9-12H2,(H,20,23). The van der Waals surface area contributed by atoms with Gasteiger partial charge in [-0.25, -0.2) is 4.98 Å². The Morgan fingerprint density at radius 1 is 1.17 bits per heavy atom. The van der Waals surface area contributed by atoms with Crippen molar-refractivity contribution in [1.82, 2.24) is 9.88 Å². The topological polar surface area (TPSA) is 48.5 Å². The first kappa shape index (κ1) is 15.6. The van der Waals surface area contributed by atoms with Crippen molar-refractivity contribution in [3.63, 3.8) is 0 Å². The Morgan fingerprint density at radius 3 is 2.96 bits per heavy atom. The fourth-order valence-electron chi connectivity index (χ4n) is 3.66. The Labute approximate surface area is 146 Å². The van der Waals surface area contributed by atoms with Crippen molar-refractivity contribution in [2.24, 2.45) is 0 Å². The molecule has 1 amide bonds. The lowest BCUT2D eigenvalue weighted by molar-refractivity contribution is -0.121. The summed E-state index contributed by atoms with van der Waals surface area (Å²) in [6.45, 7) is 3.83. The Hall–Kier alpha value is -1.92. The predicted molar refractivity (Wildman–Crippen MR) is 97.7 cm³/mol. The minimum absolute atomic E-state index is 0.0337. The maximum absolute atomic E-state index is 12.7. The summed E-state index contributed by atoms with van der Waals surface area (Å²) in [5.41, 5.74) is 2.22. The van der Waals surface area contributed by atoms with Gasteiger partial charge in [0.05, 0.1) is 6.04 Å². The first-order valence-electron chi connectivity index (χ1n) is 8.58. The second-order valence-electron chi connectivity index (χ2n) is 6.39. The van der Waals surface area contributed by atoms with Crippen molar-refractivity contribution < 1.29 is 4.79 Å². The number of fused-ring (bicyclic) bond motifs is 1. The van der Waals surface area contributed by atoms with Crippen LogP contribution < -0.4 is 10.2 Å². The van der Waals surface area contributed by atoms with Gasteiger partial charge in [-0.15, -0.1) is 11.3 Å². The molecule has 0 radical (unpaired) electrons. The molecule has 1 aromatic carbocycles. The second kappa shape index (κ2) is 6.91. The fraction of sp³-hybridized carbons (Fsp3) is 0.444. The molecule has 6 heteroatoms. The van der Waals surface area contributed by atoms with E-state index in [1.165, 1.54) is 5.56 Å². The summed E-state index contributed by atoms with van der Waals surface area (Å²) < 4.78 is 0. The number of para-hydroxylation sites is 1. The van der Waals surface area contributed by atoms with Gasteiger partial charge in [-0.1, -0.05) is 18.2 Å². The van der Waals surface area contributed by atoms with Gasteiger partial charge in [0.15, 0.2) is 5.13 Å². The maximum Gasteiger partial charge on any atom is 0.241 e. The number of aromatic nitrogens is 1. The highest BCUT2D eigenvalue weighted by atomic mass is 32.1. The average molecular weight is 342 g/mol. The molecular formula is C18H22N4OS. The van der Waals surface area contributed by atoms with Crippen LogP contribution in [0.15, 0.2) is 35.8 Å².